The van der Waals surface area contributed by atoms with Crippen molar-refractivity contribution in [2.24, 2.45) is 0 Å². The largest absolute Gasteiger partial charge is 0.337 e. The van der Waals surface area contributed by atoms with Crippen LogP contribution < -0.4 is 0 Å². The van der Waals surface area contributed by atoms with Gasteiger partial charge in [0.15, 0.2) is 0 Å². The molecular weight excluding hydrogens is 250 g/mol. The average molecular weight is 273 g/mol. The second kappa shape index (κ2) is 5.52. The maximum Gasteiger partial charge on any atom is 0.255 e. The third-order valence-electron chi connectivity index (χ3n) is 4.65. The van der Waals surface area contributed by atoms with Crippen molar-refractivity contribution < 1.29 is 4.79 Å². The van der Waals surface area contributed by atoms with Crippen LogP contribution in [0.15, 0.2) is 12.3 Å². The molecule has 0 saturated carbocycles. The minimum absolute atomic E-state index is 0.117. The van der Waals surface area contributed by atoms with Crippen molar-refractivity contribution in [2.45, 2.75) is 38.1 Å². The van der Waals surface area contributed by atoms with Gasteiger partial charge in [0.05, 0.1) is 5.56 Å². The van der Waals surface area contributed by atoms with E-state index in [1.807, 2.05) is 11.9 Å². The molecule has 1 amide bonds. The highest BCUT2D eigenvalue weighted by Gasteiger charge is 2.27. The first-order chi connectivity index (χ1) is 9.65. The zero-order valence-electron chi connectivity index (χ0n) is 12.4. The molecule has 2 heterocycles. The van der Waals surface area contributed by atoms with Crippen molar-refractivity contribution in [1.29, 1.82) is 0 Å². The summed E-state index contributed by atoms with van der Waals surface area (Å²) < 4.78 is 0. The van der Waals surface area contributed by atoms with Gasteiger partial charge in [-0.3, -0.25) is 9.78 Å². The summed E-state index contributed by atoms with van der Waals surface area (Å²) in [6.45, 7) is 2.05. The monoisotopic (exact) mass is 273 g/mol. The SMILES string of the molecule is CN1CCC(N(C)C(=O)c2cnc3c(c2)CCCC3)C1. The highest BCUT2D eigenvalue weighted by Crippen LogP contribution is 2.21. The lowest BCUT2D eigenvalue weighted by atomic mass is 9.95. The van der Waals surface area contributed by atoms with E-state index in [0.29, 0.717) is 6.04 Å². The summed E-state index contributed by atoms with van der Waals surface area (Å²) in [4.78, 5) is 21.3. The summed E-state index contributed by atoms with van der Waals surface area (Å²) in [5.41, 5.74) is 3.22. The van der Waals surface area contributed by atoms with Crippen molar-refractivity contribution in [2.75, 3.05) is 27.2 Å². The van der Waals surface area contributed by atoms with E-state index in [-0.39, 0.29) is 5.91 Å². The summed E-state index contributed by atoms with van der Waals surface area (Å²) >= 11 is 0. The van der Waals surface area contributed by atoms with Crippen molar-refractivity contribution in [3.63, 3.8) is 0 Å². The quantitative estimate of drug-likeness (QED) is 0.823. The Hall–Kier alpha value is -1.42. The molecule has 4 nitrogen and oxygen atoms in total. The van der Waals surface area contributed by atoms with Gasteiger partial charge in [-0.2, -0.15) is 0 Å². The summed E-state index contributed by atoms with van der Waals surface area (Å²) in [6.07, 6.45) is 7.41. The predicted octanol–water partition coefficient (Wildman–Crippen LogP) is 1.74. The van der Waals surface area contributed by atoms with Crippen LogP contribution in [0, 0.1) is 0 Å². The van der Waals surface area contributed by atoms with Crippen molar-refractivity contribution in [1.82, 2.24) is 14.8 Å². The van der Waals surface area contributed by atoms with Crippen LogP contribution in [0.1, 0.15) is 40.9 Å². The molecule has 0 aromatic carbocycles. The molecule has 0 radical (unpaired) electrons. The van der Waals surface area contributed by atoms with Gasteiger partial charge in [0, 0.05) is 31.5 Å². The van der Waals surface area contributed by atoms with Crippen molar-refractivity contribution in [3.8, 4) is 0 Å². The Bertz CT molecular complexity index is 514. The zero-order valence-corrected chi connectivity index (χ0v) is 12.4. The van der Waals surface area contributed by atoms with Crippen LogP contribution in [-0.4, -0.2) is 53.9 Å². The molecular formula is C16H23N3O. The highest BCUT2D eigenvalue weighted by atomic mass is 16.2. The van der Waals surface area contributed by atoms with Crippen LogP contribution in [0.25, 0.3) is 0 Å². The molecule has 0 spiro atoms. The van der Waals surface area contributed by atoms with E-state index in [1.165, 1.54) is 24.1 Å². The number of carbonyl (C=O) groups is 1. The summed E-state index contributed by atoms with van der Waals surface area (Å²) in [5.74, 6) is 0.117. The molecule has 3 rings (SSSR count). The van der Waals surface area contributed by atoms with Gasteiger partial charge in [-0.15, -0.1) is 0 Å². The maximum absolute atomic E-state index is 12.6. The Balaban J connectivity index is 1.76. The Morgan fingerprint density at radius 3 is 2.95 bits per heavy atom. The van der Waals surface area contributed by atoms with Crippen molar-refractivity contribution in [3.05, 3.63) is 29.1 Å². The smallest absolute Gasteiger partial charge is 0.255 e. The molecule has 1 aromatic rings. The van der Waals surface area contributed by atoms with E-state index < -0.39 is 0 Å². The molecule has 1 fully saturated rings. The van der Waals surface area contributed by atoms with Gasteiger partial charge < -0.3 is 9.80 Å². The fourth-order valence-corrected chi connectivity index (χ4v) is 3.30. The Morgan fingerprint density at radius 2 is 2.20 bits per heavy atom. The molecule has 1 aliphatic heterocycles. The van der Waals surface area contributed by atoms with Gasteiger partial charge >= 0.3 is 0 Å². The minimum atomic E-state index is 0.117. The lowest BCUT2D eigenvalue weighted by Gasteiger charge is -2.25. The molecule has 2 aliphatic rings. The Morgan fingerprint density at radius 1 is 1.40 bits per heavy atom. The van der Waals surface area contributed by atoms with Gasteiger partial charge in [-0.25, -0.2) is 0 Å². The number of nitrogens with zero attached hydrogens (tertiary/aromatic N) is 3. The number of likely N-dealkylation sites (tertiary alicyclic amines) is 1. The number of likely N-dealkylation sites (N-methyl/N-ethyl adjacent to an activating group) is 2. The molecule has 1 atom stereocenters. The van der Waals surface area contributed by atoms with E-state index in [4.69, 9.17) is 0 Å². The Kier molecular flexibility index (Phi) is 3.74. The number of pyridine rings is 1. The molecule has 1 aromatic heterocycles. The molecule has 1 unspecified atom stereocenters. The van der Waals surface area contributed by atoms with E-state index in [2.05, 4.69) is 23.0 Å². The van der Waals surface area contributed by atoms with Crippen LogP contribution in [0.4, 0.5) is 0 Å². The number of hydrogen-bond donors (Lipinski definition) is 0. The first-order valence-electron chi connectivity index (χ1n) is 7.58. The molecule has 108 valence electrons. The average Bonchev–Trinajstić information content (AvgIpc) is 2.92. The standard InChI is InChI=1S/C16H23N3O/c1-18-8-7-14(11-18)19(2)16(20)13-9-12-5-3-4-6-15(12)17-10-13/h9-10,14H,3-8,11H2,1-2H3. The first kappa shape index (κ1) is 13.6. The first-order valence-corrected chi connectivity index (χ1v) is 7.58. The molecule has 1 saturated heterocycles. The molecule has 0 N–H and O–H groups in total. The molecule has 0 bridgehead atoms. The number of rotatable bonds is 2. The fourth-order valence-electron chi connectivity index (χ4n) is 3.30. The highest BCUT2D eigenvalue weighted by molar-refractivity contribution is 5.94. The third-order valence-corrected chi connectivity index (χ3v) is 4.65. The third kappa shape index (κ3) is 2.57. The van der Waals surface area contributed by atoms with E-state index in [0.717, 1.165) is 37.9 Å². The maximum atomic E-state index is 12.6. The van der Waals surface area contributed by atoms with Crippen LogP contribution in [0.3, 0.4) is 0 Å². The lowest BCUT2D eigenvalue weighted by molar-refractivity contribution is 0.0737. The number of hydrogen-bond acceptors (Lipinski definition) is 3. The van der Waals surface area contributed by atoms with Gasteiger partial charge in [0.2, 0.25) is 0 Å². The van der Waals surface area contributed by atoms with E-state index in [9.17, 15) is 4.79 Å². The predicted molar refractivity (Wildman–Crippen MR) is 78.9 cm³/mol. The fraction of sp³-hybridized carbons (Fsp3) is 0.625. The zero-order chi connectivity index (χ0) is 14.1. The van der Waals surface area contributed by atoms with Crippen LogP contribution in [-0.2, 0) is 12.8 Å². The molecule has 4 heteroatoms. The molecule has 20 heavy (non-hydrogen) atoms. The van der Waals surface area contributed by atoms with Gasteiger partial charge in [0.25, 0.3) is 5.91 Å². The topological polar surface area (TPSA) is 36.4 Å². The second-order valence-corrected chi connectivity index (χ2v) is 6.16. The normalized spacial score (nSPS) is 22.6. The van der Waals surface area contributed by atoms with Gasteiger partial charge in [-0.1, -0.05) is 0 Å². The number of aromatic nitrogens is 1. The van der Waals surface area contributed by atoms with E-state index in [1.54, 1.807) is 6.20 Å². The number of fused-ring (bicyclic) bond motifs is 1. The van der Waals surface area contributed by atoms with E-state index >= 15 is 0 Å². The summed E-state index contributed by atoms with van der Waals surface area (Å²) in [5, 5.41) is 0. The van der Waals surface area contributed by atoms with Gasteiger partial charge in [-0.05, 0) is 57.3 Å². The van der Waals surface area contributed by atoms with Gasteiger partial charge in [0.1, 0.15) is 0 Å². The van der Waals surface area contributed by atoms with Crippen molar-refractivity contribution >= 4 is 5.91 Å². The summed E-state index contributed by atoms with van der Waals surface area (Å²) in [7, 11) is 4.03. The van der Waals surface area contributed by atoms with Crippen LogP contribution in [0.5, 0.6) is 0 Å². The lowest BCUT2D eigenvalue weighted by Crippen LogP contribution is -2.38. The number of carbonyl (C=O) groups excluding carboxylic acids is 1. The second-order valence-electron chi connectivity index (χ2n) is 6.16. The van der Waals surface area contributed by atoms with Crippen LogP contribution >= 0.6 is 0 Å². The molecule has 1 aliphatic carbocycles. The van der Waals surface area contributed by atoms with Crippen LogP contribution in [0.2, 0.25) is 0 Å². The summed E-state index contributed by atoms with van der Waals surface area (Å²) in [6, 6.07) is 2.41. The minimum Gasteiger partial charge on any atom is -0.337 e. The number of aryl methyl sites for hydroxylation is 2. The Labute approximate surface area is 120 Å². The number of amides is 1.